The van der Waals surface area contributed by atoms with Crippen LogP contribution in [0.1, 0.15) is 31.2 Å². The normalized spacial score (nSPS) is 16.4. The Morgan fingerprint density at radius 1 is 1.11 bits per heavy atom. The van der Waals surface area contributed by atoms with Crippen molar-refractivity contribution < 1.29 is 27.9 Å². The summed E-state index contributed by atoms with van der Waals surface area (Å²) in [5.74, 6) is -2.28. The van der Waals surface area contributed by atoms with Crippen molar-refractivity contribution in [3.63, 3.8) is 0 Å². The predicted octanol–water partition coefficient (Wildman–Crippen LogP) is 0.854. The lowest BCUT2D eigenvalue weighted by Crippen LogP contribution is -2.51. The van der Waals surface area contributed by atoms with E-state index in [1.807, 2.05) is 0 Å². The van der Waals surface area contributed by atoms with Gasteiger partial charge < -0.3 is 26.8 Å². The van der Waals surface area contributed by atoms with Crippen LogP contribution < -0.4 is 21.7 Å². The molecule has 1 fully saturated rings. The van der Waals surface area contributed by atoms with Gasteiger partial charge in [-0.2, -0.15) is 4.31 Å². The van der Waals surface area contributed by atoms with E-state index >= 15 is 0 Å². The van der Waals surface area contributed by atoms with Gasteiger partial charge in [-0.1, -0.05) is 30.3 Å². The van der Waals surface area contributed by atoms with E-state index in [1.165, 1.54) is 12.1 Å². The number of carbonyl (C=O) groups excluding carboxylic acids is 2. The molecule has 0 aromatic heterocycles. The minimum atomic E-state index is -3.90. The molecule has 7 N–H and O–H groups in total. The van der Waals surface area contributed by atoms with Crippen LogP contribution in [-0.4, -0.2) is 66.7 Å². The number of guanidine groups is 1. The summed E-state index contributed by atoms with van der Waals surface area (Å²) in [5, 5.41) is 24.6. The van der Waals surface area contributed by atoms with Crippen LogP contribution in [0.2, 0.25) is 0 Å². The van der Waals surface area contributed by atoms with E-state index in [0.29, 0.717) is 37.1 Å². The van der Waals surface area contributed by atoms with Gasteiger partial charge in [-0.25, -0.2) is 13.2 Å². The molecule has 0 unspecified atom stereocenters. The molecule has 0 aliphatic carbocycles. The van der Waals surface area contributed by atoms with Crippen LogP contribution in [0, 0.1) is 5.41 Å². The molecule has 13 heteroatoms. The highest BCUT2D eigenvalue weighted by Gasteiger charge is 2.40. The van der Waals surface area contributed by atoms with Crippen molar-refractivity contribution >= 4 is 39.5 Å². The zero-order valence-electron chi connectivity index (χ0n) is 20.7. The quantitative estimate of drug-likeness (QED) is 0.128. The Balaban J connectivity index is 1.58. The monoisotopic (exact) mass is 544 g/mol. The first kappa shape index (κ1) is 28.6. The number of benzene rings is 2. The molecule has 2 aromatic carbocycles. The van der Waals surface area contributed by atoms with Crippen molar-refractivity contribution in [1.29, 1.82) is 5.41 Å². The minimum Gasteiger partial charge on any atom is -0.480 e. The molecule has 2 amide bonds. The zero-order valence-corrected chi connectivity index (χ0v) is 21.5. The maximum Gasteiger partial charge on any atom is 0.326 e. The van der Waals surface area contributed by atoms with Gasteiger partial charge in [0.05, 0.1) is 4.90 Å². The third kappa shape index (κ3) is 7.76. The molecule has 1 aliphatic rings. The number of amides is 2. The maximum atomic E-state index is 13.1. The van der Waals surface area contributed by atoms with E-state index in [9.17, 15) is 27.9 Å². The lowest BCUT2D eigenvalue weighted by molar-refractivity contribution is -0.142. The van der Waals surface area contributed by atoms with Crippen LogP contribution in [0.3, 0.4) is 0 Å². The Labute approximate surface area is 221 Å². The van der Waals surface area contributed by atoms with Crippen LogP contribution in [0.5, 0.6) is 0 Å². The number of nitrogens with one attached hydrogen (secondary N) is 4. The highest BCUT2D eigenvalue weighted by atomic mass is 32.2. The summed E-state index contributed by atoms with van der Waals surface area (Å²) in [5.41, 5.74) is 6.33. The van der Waals surface area contributed by atoms with E-state index in [2.05, 4.69) is 16.0 Å². The highest BCUT2D eigenvalue weighted by Crippen LogP contribution is 2.26. The van der Waals surface area contributed by atoms with Gasteiger partial charge in [-0.3, -0.25) is 15.0 Å². The fraction of sp³-hybridized carbons (Fsp3) is 0.360. The average Bonchev–Trinajstić information content (AvgIpc) is 3.39. The molecular weight excluding hydrogens is 512 g/mol. The molecule has 0 saturated carbocycles. The van der Waals surface area contributed by atoms with Crippen molar-refractivity contribution in [2.24, 2.45) is 5.73 Å². The highest BCUT2D eigenvalue weighted by molar-refractivity contribution is 7.89. The zero-order chi connectivity index (χ0) is 27.7. The number of rotatable bonds is 12. The largest absolute Gasteiger partial charge is 0.480 e. The van der Waals surface area contributed by atoms with E-state index in [4.69, 9.17) is 11.1 Å². The van der Waals surface area contributed by atoms with Gasteiger partial charge in [0.15, 0.2) is 5.96 Å². The third-order valence-corrected chi connectivity index (χ3v) is 7.97. The summed E-state index contributed by atoms with van der Waals surface area (Å²) in [6.45, 7) is 0.578. The summed E-state index contributed by atoms with van der Waals surface area (Å²) in [4.78, 5) is 37.0. The van der Waals surface area contributed by atoms with Crippen molar-refractivity contribution in [2.45, 2.75) is 49.1 Å². The number of carboxylic acid groups (broad SMARTS) is 1. The first-order valence-corrected chi connectivity index (χ1v) is 13.6. The standard InChI is InChI=1S/C25H32N6O6S/c26-25(27)28-14-4-9-22(32)29-18-12-10-17(11-13-18)16-20(24(34)35)30-23(33)21-8-5-15-31(21)38(36,37)19-6-2-1-3-7-19/h1-3,6-7,10-13,20-21H,4-5,8-9,14-16H2,(H,29,32)(H,30,33)(H,34,35)(H4,26,27,28)/t20-,21-/m0/s1. The number of nitrogens with zero attached hydrogens (tertiary/aromatic N) is 1. The summed E-state index contributed by atoms with van der Waals surface area (Å²) in [6, 6.07) is 12.1. The molecule has 0 spiro atoms. The fourth-order valence-corrected chi connectivity index (χ4v) is 5.82. The van der Waals surface area contributed by atoms with E-state index in [-0.39, 0.29) is 36.1 Å². The summed E-state index contributed by atoms with van der Waals surface area (Å²) < 4.78 is 27.2. The van der Waals surface area contributed by atoms with Gasteiger partial charge in [-0.15, -0.1) is 0 Å². The second-order valence-corrected chi connectivity index (χ2v) is 10.8. The number of aliphatic carboxylic acids is 1. The Morgan fingerprint density at radius 3 is 2.42 bits per heavy atom. The lowest BCUT2D eigenvalue weighted by Gasteiger charge is -2.25. The molecule has 2 atom stereocenters. The number of hydrogen-bond acceptors (Lipinski definition) is 6. The van der Waals surface area contributed by atoms with E-state index < -0.39 is 34.0 Å². The van der Waals surface area contributed by atoms with E-state index in [1.54, 1.807) is 42.5 Å². The predicted molar refractivity (Wildman–Crippen MR) is 141 cm³/mol. The molecule has 0 radical (unpaired) electrons. The smallest absolute Gasteiger partial charge is 0.326 e. The van der Waals surface area contributed by atoms with Crippen molar-refractivity contribution in [3.8, 4) is 0 Å². The van der Waals surface area contributed by atoms with Crippen LogP contribution >= 0.6 is 0 Å². The molecule has 1 aliphatic heterocycles. The van der Waals surface area contributed by atoms with Gasteiger partial charge in [0.1, 0.15) is 12.1 Å². The Bertz CT molecular complexity index is 1250. The number of carboxylic acids is 1. The maximum absolute atomic E-state index is 13.1. The van der Waals surface area contributed by atoms with Crippen LogP contribution in [-0.2, 0) is 30.8 Å². The Morgan fingerprint density at radius 2 is 1.79 bits per heavy atom. The van der Waals surface area contributed by atoms with Crippen LogP contribution in [0.4, 0.5) is 5.69 Å². The van der Waals surface area contributed by atoms with Gasteiger partial charge >= 0.3 is 5.97 Å². The summed E-state index contributed by atoms with van der Waals surface area (Å²) in [7, 11) is -3.90. The number of hydrogen-bond donors (Lipinski definition) is 6. The molecule has 12 nitrogen and oxygen atoms in total. The van der Waals surface area contributed by atoms with Gasteiger partial charge in [0, 0.05) is 31.6 Å². The minimum absolute atomic E-state index is 0.0236. The second kappa shape index (κ2) is 13.0. The summed E-state index contributed by atoms with van der Waals surface area (Å²) >= 11 is 0. The SMILES string of the molecule is N=C(N)NCCCC(=O)Nc1ccc(C[C@H](NC(=O)[C@@H]2CCCN2S(=O)(=O)c2ccccc2)C(=O)O)cc1. The molecule has 2 aromatic rings. The topological polar surface area (TPSA) is 195 Å². The first-order chi connectivity index (χ1) is 18.1. The number of anilines is 1. The fourth-order valence-electron chi connectivity index (χ4n) is 4.14. The second-order valence-electron chi connectivity index (χ2n) is 8.88. The van der Waals surface area contributed by atoms with Gasteiger partial charge in [-0.05, 0) is 49.1 Å². The van der Waals surface area contributed by atoms with Crippen molar-refractivity contribution in [3.05, 3.63) is 60.2 Å². The van der Waals surface area contributed by atoms with Gasteiger partial charge in [0.25, 0.3) is 0 Å². The van der Waals surface area contributed by atoms with Crippen LogP contribution in [0.25, 0.3) is 0 Å². The molecular formula is C25H32N6O6S. The first-order valence-electron chi connectivity index (χ1n) is 12.1. The van der Waals surface area contributed by atoms with Crippen LogP contribution in [0.15, 0.2) is 59.5 Å². The molecule has 1 heterocycles. The molecule has 1 saturated heterocycles. The van der Waals surface area contributed by atoms with Crippen molar-refractivity contribution in [1.82, 2.24) is 14.9 Å². The Hall–Kier alpha value is -3.97. The van der Waals surface area contributed by atoms with E-state index in [0.717, 1.165) is 4.31 Å². The Kier molecular flexibility index (Phi) is 9.79. The third-order valence-electron chi connectivity index (χ3n) is 6.04. The molecule has 0 bridgehead atoms. The number of sulfonamides is 1. The van der Waals surface area contributed by atoms with Gasteiger partial charge in [0.2, 0.25) is 21.8 Å². The molecule has 204 valence electrons. The molecule has 3 rings (SSSR count). The average molecular weight is 545 g/mol. The molecule has 38 heavy (non-hydrogen) atoms. The number of nitrogens with two attached hydrogens (primary N) is 1. The number of carbonyl (C=O) groups is 3. The lowest BCUT2D eigenvalue weighted by atomic mass is 10.0. The summed E-state index contributed by atoms with van der Waals surface area (Å²) in [6.07, 6.45) is 1.48. The van der Waals surface area contributed by atoms with Crippen molar-refractivity contribution in [2.75, 3.05) is 18.4 Å².